The molecule has 1 aliphatic carbocycles. The van der Waals surface area contributed by atoms with Crippen LogP contribution in [0.1, 0.15) is 47.9 Å². The second-order valence-corrected chi connectivity index (χ2v) is 9.33. The number of hydrogen-bond donors (Lipinski definition) is 2. The molecule has 2 aromatic rings. The van der Waals surface area contributed by atoms with Crippen LogP contribution in [0.25, 0.3) is 0 Å². The Balaban J connectivity index is 1.84. The van der Waals surface area contributed by atoms with Gasteiger partial charge in [-0.05, 0) is 55.0 Å². The van der Waals surface area contributed by atoms with E-state index in [4.69, 9.17) is 0 Å². The Morgan fingerprint density at radius 2 is 1.85 bits per heavy atom. The average molecular weight is 387 g/mol. The molecule has 27 heavy (non-hydrogen) atoms. The Morgan fingerprint density at radius 3 is 2.56 bits per heavy atom. The molecule has 0 unspecified atom stereocenters. The minimum atomic E-state index is -3.19. The van der Waals surface area contributed by atoms with Crippen molar-refractivity contribution >= 4 is 10.0 Å². The van der Waals surface area contributed by atoms with E-state index in [1.807, 2.05) is 20.0 Å². The molecule has 146 valence electrons. The highest BCUT2D eigenvalue weighted by Gasteiger charge is 2.29. The van der Waals surface area contributed by atoms with Crippen molar-refractivity contribution < 1.29 is 8.42 Å². The fourth-order valence-electron chi connectivity index (χ4n) is 4.06. The smallest absolute Gasteiger partial charge is 0.211 e. The fraction of sp³-hybridized carbons (Fsp3) is 0.455. The summed E-state index contributed by atoms with van der Waals surface area (Å²) >= 11 is 0. The van der Waals surface area contributed by atoms with Crippen LogP contribution in [0.4, 0.5) is 0 Å². The van der Waals surface area contributed by atoms with Crippen LogP contribution in [0.5, 0.6) is 0 Å². The molecule has 2 N–H and O–H groups in total. The normalized spacial score (nSPS) is 19.6. The van der Waals surface area contributed by atoms with Crippen LogP contribution in [-0.2, 0) is 29.4 Å². The number of aryl methyl sites for hydroxylation is 1. The molecule has 2 atom stereocenters. The summed E-state index contributed by atoms with van der Waals surface area (Å²) in [5.74, 6) is 0.574. The summed E-state index contributed by atoms with van der Waals surface area (Å²) in [6, 6.07) is 17.5. The molecule has 2 aromatic carbocycles. The van der Waals surface area contributed by atoms with Crippen LogP contribution in [0.15, 0.2) is 48.5 Å². The van der Waals surface area contributed by atoms with E-state index < -0.39 is 10.0 Å². The molecule has 0 bridgehead atoms. The second-order valence-electron chi connectivity index (χ2n) is 7.40. The van der Waals surface area contributed by atoms with Gasteiger partial charge in [-0.25, -0.2) is 13.1 Å². The van der Waals surface area contributed by atoms with Gasteiger partial charge in [0.25, 0.3) is 0 Å². The lowest BCUT2D eigenvalue weighted by atomic mass is 9.75. The van der Waals surface area contributed by atoms with Crippen LogP contribution in [0.3, 0.4) is 0 Å². The minimum Gasteiger partial charge on any atom is -0.316 e. The Morgan fingerprint density at radius 1 is 1.07 bits per heavy atom. The molecule has 3 rings (SSSR count). The Labute approximate surface area is 163 Å². The molecule has 0 aliphatic heterocycles. The lowest BCUT2D eigenvalue weighted by Crippen LogP contribution is -2.37. The maximum atomic E-state index is 12.0. The van der Waals surface area contributed by atoms with Crippen LogP contribution in [0.2, 0.25) is 0 Å². The summed E-state index contributed by atoms with van der Waals surface area (Å²) in [4.78, 5) is 0. The first-order chi connectivity index (χ1) is 13.0. The van der Waals surface area contributed by atoms with Crippen LogP contribution in [-0.4, -0.2) is 27.3 Å². The van der Waals surface area contributed by atoms with Gasteiger partial charge in [0.15, 0.2) is 0 Å². The van der Waals surface area contributed by atoms with E-state index in [-0.39, 0.29) is 5.75 Å². The molecule has 0 fully saturated rings. The molecule has 0 saturated carbocycles. The number of fused-ring (bicyclic) bond motifs is 1. The topological polar surface area (TPSA) is 58.2 Å². The maximum Gasteiger partial charge on any atom is 0.211 e. The average Bonchev–Trinajstić information content (AvgIpc) is 2.67. The van der Waals surface area contributed by atoms with Crippen molar-refractivity contribution in [3.05, 3.63) is 70.8 Å². The predicted octanol–water partition coefficient (Wildman–Crippen LogP) is 3.38. The maximum absolute atomic E-state index is 12.0. The summed E-state index contributed by atoms with van der Waals surface area (Å²) in [6.07, 6.45) is 3.81. The lowest BCUT2D eigenvalue weighted by molar-refractivity contribution is 0.409. The summed E-state index contributed by atoms with van der Waals surface area (Å²) in [7, 11) is -1.15. The van der Waals surface area contributed by atoms with Gasteiger partial charge in [0, 0.05) is 18.5 Å². The van der Waals surface area contributed by atoms with Gasteiger partial charge in [-0.1, -0.05) is 55.5 Å². The first-order valence-corrected chi connectivity index (χ1v) is 11.5. The van der Waals surface area contributed by atoms with Gasteiger partial charge in [-0.3, -0.25) is 0 Å². The summed E-state index contributed by atoms with van der Waals surface area (Å²) in [5, 5.41) is 3.50. The SMILES string of the molecule is CCCS(=O)(=O)NCc1ccc2c(c1)[C@H](Cc1ccccc1)[C@@H](NC)CC2. The molecular formula is C22H30N2O2S. The highest BCUT2D eigenvalue weighted by atomic mass is 32.2. The molecule has 0 spiro atoms. The molecule has 0 heterocycles. The lowest BCUT2D eigenvalue weighted by Gasteiger charge is -2.34. The molecular weight excluding hydrogens is 356 g/mol. The van der Waals surface area contributed by atoms with Crippen LogP contribution >= 0.6 is 0 Å². The highest BCUT2D eigenvalue weighted by Crippen LogP contribution is 2.35. The van der Waals surface area contributed by atoms with Gasteiger partial charge in [-0.15, -0.1) is 0 Å². The molecule has 4 nitrogen and oxygen atoms in total. The molecule has 0 aromatic heterocycles. The summed E-state index contributed by atoms with van der Waals surface area (Å²) in [6.45, 7) is 2.24. The van der Waals surface area contributed by atoms with Gasteiger partial charge < -0.3 is 5.32 Å². The Kier molecular flexibility index (Phi) is 6.68. The predicted molar refractivity (Wildman–Crippen MR) is 111 cm³/mol. The molecule has 1 aliphatic rings. The summed E-state index contributed by atoms with van der Waals surface area (Å²) in [5.41, 5.74) is 5.12. The minimum absolute atomic E-state index is 0.177. The van der Waals surface area contributed by atoms with Gasteiger partial charge in [0.1, 0.15) is 0 Å². The van der Waals surface area contributed by atoms with Crippen molar-refractivity contribution in [1.29, 1.82) is 0 Å². The van der Waals surface area contributed by atoms with Crippen molar-refractivity contribution in [1.82, 2.24) is 10.0 Å². The zero-order valence-electron chi connectivity index (χ0n) is 16.2. The number of likely N-dealkylation sites (N-methyl/N-ethyl adjacent to an activating group) is 1. The Hall–Kier alpha value is -1.69. The van der Waals surface area contributed by atoms with E-state index in [0.717, 1.165) is 24.8 Å². The third-order valence-electron chi connectivity index (χ3n) is 5.46. The number of hydrogen-bond acceptors (Lipinski definition) is 3. The quantitative estimate of drug-likeness (QED) is 0.731. The standard InChI is InChI=1S/C22H30N2O2S/c1-3-13-27(25,26)24-16-18-9-10-19-11-12-22(23-2)21(20(19)15-18)14-17-7-5-4-6-8-17/h4-10,15,21-24H,3,11-14,16H2,1-2H3/t21-,22-/m0/s1. The third-order valence-corrected chi connectivity index (χ3v) is 6.99. The van der Waals surface area contributed by atoms with E-state index in [0.29, 0.717) is 24.9 Å². The van der Waals surface area contributed by atoms with Crippen molar-refractivity contribution in [3.63, 3.8) is 0 Å². The zero-order valence-corrected chi connectivity index (χ0v) is 17.1. The van der Waals surface area contributed by atoms with Gasteiger partial charge >= 0.3 is 0 Å². The van der Waals surface area contributed by atoms with Crippen molar-refractivity contribution in [2.45, 2.75) is 51.1 Å². The van der Waals surface area contributed by atoms with E-state index in [1.54, 1.807) is 0 Å². The van der Waals surface area contributed by atoms with Crippen LogP contribution < -0.4 is 10.0 Å². The van der Waals surface area contributed by atoms with Crippen molar-refractivity contribution in [2.24, 2.45) is 0 Å². The highest BCUT2D eigenvalue weighted by molar-refractivity contribution is 7.89. The monoisotopic (exact) mass is 386 g/mol. The number of rotatable bonds is 8. The first kappa shape index (κ1) is 20.1. The fourth-order valence-corrected chi connectivity index (χ4v) is 5.12. The van der Waals surface area contributed by atoms with E-state index in [9.17, 15) is 8.42 Å². The largest absolute Gasteiger partial charge is 0.316 e. The van der Waals surface area contributed by atoms with Crippen LogP contribution in [0, 0.1) is 0 Å². The molecule has 5 heteroatoms. The number of sulfonamides is 1. The van der Waals surface area contributed by atoms with E-state index >= 15 is 0 Å². The third kappa shape index (κ3) is 5.18. The van der Waals surface area contributed by atoms with E-state index in [2.05, 4.69) is 52.5 Å². The Bertz CT molecular complexity index is 850. The van der Waals surface area contributed by atoms with Gasteiger partial charge in [0.2, 0.25) is 10.0 Å². The van der Waals surface area contributed by atoms with Gasteiger partial charge in [0.05, 0.1) is 5.75 Å². The first-order valence-electron chi connectivity index (χ1n) is 9.82. The number of nitrogens with one attached hydrogen (secondary N) is 2. The van der Waals surface area contributed by atoms with Gasteiger partial charge in [-0.2, -0.15) is 0 Å². The summed E-state index contributed by atoms with van der Waals surface area (Å²) < 4.78 is 26.7. The second kappa shape index (κ2) is 9.00. The van der Waals surface area contributed by atoms with E-state index in [1.165, 1.54) is 16.7 Å². The molecule has 0 radical (unpaired) electrons. The zero-order chi connectivity index (χ0) is 19.3. The van der Waals surface area contributed by atoms with Crippen molar-refractivity contribution in [3.8, 4) is 0 Å². The van der Waals surface area contributed by atoms with Crippen molar-refractivity contribution in [2.75, 3.05) is 12.8 Å². The molecule has 0 amide bonds. The molecule has 0 saturated heterocycles. The number of benzene rings is 2.